The van der Waals surface area contributed by atoms with E-state index in [1.54, 1.807) is 6.20 Å². The maximum Gasteiger partial charge on any atom is 0.241 e. The van der Waals surface area contributed by atoms with Crippen molar-refractivity contribution in [2.24, 2.45) is 5.92 Å². The topological polar surface area (TPSA) is 94.9 Å². The van der Waals surface area contributed by atoms with Gasteiger partial charge in [0.2, 0.25) is 11.8 Å². The quantitative estimate of drug-likeness (QED) is 0.314. The first-order valence-electron chi connectivity index (χ1n) is 14.2. The van der Waals surface area contributed by atoms with Crippen molar-refractivity contribution in [3.05, 3.63) is 82.9 Å². The van der Waals surface area contributed by atoms with E-state index in [2.05, 4.69) is 37.2 Å². The number of nitrogens with one attached hydrogen (secondary N) is 2. The van der Waals surface area contributed by atoms with E-state index >= 15 is 0 Å². The summed E-state index contributed by atoms with van der Waals surface area (Å²) in [6.07, 6.45) is 9.05. The maximum atomic E-state index is 12.9. The number of piperazine rings is 1. The first kappa shape index (κ1) is 26.0. The number of hydrogen-bond donors (Lipinski definition) is 2. The molecule has 3 aromatic heterocycles. The zero-order valence-electron chi connectivity index (χ0n) is 22.9. The zero-order valence-corrected chi connectivity index (χ0v) is 23.6. The number of benzene rings is 1. The summed E-state index contributed by atoms with van der Waals surface area (Å²) in [6, 6.07) is 13.6. The van der Waals surface area contributed by atoms with E-state index in [-0.39, 0.29) is 23.7 Å². The molecule has 1 aliphatic heterocycles. The SMILES string of the molecule is CN1CCN(c2cc(C3CC3)cn3cc(CNc4ccnc(NC(=O)[C@H]5CC5c5cccc(Cl)c5)c4)nc23)C(=O)C1. The molecule has 9 nitrogen and oxygen atoms in total. The second-order valence-corrected chi connectivity index (χ2v) is 11.9. The second-order valence-electron chi connectivity index (χ2n) is 11.5. The molecule has 2 aliphatic carbocycles. The van der Waals surface area contributed by atoms with Gasteiger partial charge in [0.15, 0.2) is 5.65 Å². The predicted octanol–water partition coefficient (Wildman–Crippen LogP) is 4.89. The van der Waals surface area contributed by atoms with Gasteiger partial charge in [-0.15, -0.1) is 0 Å². The third kappa shape index (κ3) is 5.52. The molecule has 210 valence electrons. The van der Waals surface area contributed by atoms with Crippen molar-refractivity contribution < 1.29 is 9.59 Å². The Morgan fingerprint density at radius 3 is 2.78 bits per heavy atom. The Labute approximate surface area is 243 Å². The normalized spacial score (nSPS) is 20.8. The van der Waals surface area contributed by atoms with Gasteiger partial charge in [0.25, 0.3) is 0 Å². The van der Waals surface area contributed by atoms with Gasteiger partial charge >= 0.3 is 0 Å². The van der Waals surface area contributed by atoms with E-state index in [1.807, 2.05) is 54.5 Å². The summed E-state index contributed by atoms with van der Waals surface area (Å²) in [7, 11) is 1.98. The van der Waals surface area contributed by atoms with Gasteiger partial charge < -0.3 is 19.9 Å². The number of hydrogen-bond acceptors (Lipinski definition) is 6. The van der Waals surface area contributed by atoms with Crippen LogP contribution in [0.15, 0.2) is 61.1 Å². The molecule has 41 heavy (non-hydrogen) atoms. The number of likely N-dealkylation sites (N-methyl/N-ethyl adjacent to an activating group) is 1. The number of nitrogens with zero attached hydrogens (tertiary/aromatic N) is 5. The molecule has 1 saturated heterocycles. The standard InChI is InChI=1S/C31H32ClN7O2/c1-37-9-10-39(29(40)18-37)27-12-21(19-5-6-19)16-38-17-24(35-30(27)38)15-34-23-7-8-33-28(13-23)36-31(41)26-14-25(26)20-3-2-4-22(32)11-20/h2-4,7-8,11-13,16-17,19,25-26H,5-6,9-10,14-15,18H2,1H3,(H2,33,34,36,41)/t25?,26-/m0/s1. The molecule has 2 amide bonds. The molecule has 7 rings (SSSR count). The molecule has 1 unspecified atom stereocenters. The maximum absolute atomic E-state index is 12.9. The van der Waals surface area contributed by atoms with Gasteiger partial charge in [-0.05, 0) is 73.5 Å². The number of halogens is 1. The molecule has 2 saturated carbocycles. The van der Waals surface area contributed by atoms with Crippen LogP contribution in [0.3, 0.4) is 0 Å². The lowest BCUT2D eigenvalue weighted by Gasteiger charge is -2.32. The molecule has 0 radical (unpaired) electrons. The van der Waals surface area contributed by atoms with Crippen molar-refractivity contribution in [1.82, 2.24) is 19.3 Å². The smallest absolute Gasteiger partial charge is 0.241 e. The molecule has 2 N–H and O–H groups in total. The van der Waals surface area contributed by atoms with Crippen LogP contribution in [0.2, 0.25) is 5.02 Å². The van der Waals surface area contributed by atoms with Gasteiger partial charge in [0.05, 0.1) is 24.5 Å². The van der Waals surface area contributed by atoms with Crippen molar-refractivity contribution in [2.45, 2.75) is 37.6 Å². The predicted molar refractivity (Wildman–Crippen MR) is 160 cm³/mol. The summed E-state index contributed by atoms with van der Waals surface area (Å²) >= 11 is 6.12. The average molecular weight is 570 g/mol. The van der Waals surface area contributed by atoms with Crippen LogP contribution in [0.25, 0.3) is 5.65 Å². The summed E-state index contributed by atoms with van der Waals surface area (Å²) in [4.78, 5) is 39.0. The third-order valence-corrected chi connectivity index (χ3v) is 8.48. The van der Waals surface area contributed by atoms with Crippen molar-refractivity contribution in [1.29, 1.82) is 0 Å². The molecule has 0 spiro atoms. The minimum absolute atomic E-state index is 0.0302. The van der Waals surface area contributed by atoms with Crippen LogP contribution >= 0.6 is 11.6 Å². The molecule has 3 aliphatic rings. The number of fused-ring (bicyclic) bond motifs is 1. The van der Waals surface area contributed by atoms with E-state index in [1.165, 1.54) is 18.4 Å². The number of aromatic nitrogens is 3. The Hall–Kier alpha value is -3.95. The van der Waals surface area contributed by atoms with E-state index in [9.17, 15) is 9.59 Å². The Morgan fingerprint density at radius 1 is 1.10 bits per heavy atom. The number of imidazole rings is 1. The lowest BCUT2D eigenvalue weighted by Crippen LogP contribution is -2.49. The molecule has 3 fully saturated rings. The Bertz CT molecular complexity index is 1650. The first-order valence-corrected chi connectivity index (χ1v) is 14.6. The average Bonchev–Trinajstić information content (AvgIpc) is 3.88. The van der Waals surface area contributed by atoms with Crippen LogP contribution in [0, 0.1) is 5.92 Å². The van der Waals surface area contributed by atoms with Crippen molar-refractivity contribution in [3.8, 4) is 0 Å². The van der Waals surface area contributed by atoms with E-state index in [0.717, 1.165) is 41.2 Å². The van der Waals surface area contributed by atoms with E-state index in [0.29, 0.717) is 36.4 Å². The number of amides is 2. The van der Waals surface area contributed by atoms with Crippen molar-refractivity contribution in [3.63, 3.8) is 0 Å². The molecular weight excluding hydrogens is 538 g/mol. The number of pyridine rings is 2. The van der Waals surface area contributed by atoms with Gasteiger partial charge in [-0.1, -0.05) is 23.7 Å². The molecule has 1 aromatic carbocycles. The van der Waals surface area contributed by atoms with Crippen LogP contribution < -0.4 is 15.5 Å². The van der Waals surface area contributed by atoms with Crippen LogP contribution in [-0.4, -0.2) is 57.8 Å². The Balaban J connectivity index is 1.04. The van der Waals surface area contributed by atoms with Crippen molar-refractivity contribution in [2.75, 3.05) is 42.2 Å². The van der Waals surface area contributed by atoms with Gasteiger partial charge in [-0.25, -0.2) is 9.97 Å². The zero-order chi connectivity index (χ0) is 28.1. The van der Waals surface area contributed by atoms with Gasteiger partial charge in [0.1, 0.15) is 5.82 Å². The fourth-order valence-corrected chi connectivity index (χ4v) is 5.93. The summed E-state index contributed by atoms with van der Waals surface area (Å²) in [5, 5.41) is 7.07. The fraction of sp³-hybridized carbons (Fsp3) is 0.355. The van der Waals surface area contributed by atoms with E-state index < -0.39 is 0 Å². The summed E-state index contributed by atoms with van der Waals surface area (Å²) < 4.78 is 2.07. The number of anilines is 3. The van der Waals surface area contributed by atoms with Crippen molar-refractivity contribution >= 4 is 46.3 Å². The number of rotatable bonds is 8. The highest BCUT2D eigenvalue weighted by atomic mass is 35.5. The van der Waals surface area contributed by atoms with Crippen LogP contribution in [0.1, 0.15) is 47.9 Å². The Kier molecular flexibility index (Phi) is 6.63. The minimum atomic E-state index is -0.0771. The lowest BCUT2D eigenvalue weighted by molar-refractivity contribution is -0.121. The molecule has 0 bridgehead atoms. The fourth-order valence-electron chi connectivity index (χ4n) is 5.73. The van der Waals surface area contributed by atoms with Crippen LogP contribution in [0.5, 0.6) is 0 Å². The minimum Gasteiger partial charge on any atom is -0.379 e. The number of carbonyl (C=O) groups is 2. The summed E-state index contributed by atoms with van der Waals surface area (Å²) in [5.41, 5.74) is 5.75. The van der Waals surface area contributed by atoms with E-state index in [4.69, 9.17) is 16.6 Å². The van der Waals surface area contributed by atoms with Gasteiger partial charge in [0, 0.05) is 54.4 Å². The molecule has 4 aromatic rings. The molecular formula is C31H32ClN7O2. The number of carbonyl (C=O) groups excluding carboxylic acids is 2. The monoisotopic (exact) mass is 569 g/mol. The van der Waals surface area contributed by atoms with Crippen LogP contribution in [0.4, 0.5) is 17.2 Å². The first-order chi connectivity index (χ1) is 19.9. The summed E-state index contributed by atoms with van der Waals surface area (Å²) in [6.45, 7) is 2.40. The third-order valence-electron chi connectivity index (χ3n) is 8.24. The van der Waals surface area contributed by atoms with Crippen LogP contribution in [-0.2, 0) is 16.1 Å². The highest BCUT2D eigenvalue weighted by Gasteiger charge is 2.44. The Morgan fingerprint density at radius 2 is 1.98 bits per heavy atom. The highest BCUT2D eigenvalue weighted by Crippen LogP contribution is 2.48. The highest BCUT2D eigenvalue weighted by molar-refractivity contribution is 6.30. The van der Waals surface area contributed by atoms with Gasteiger partial charge in [-0.3, -0.25) is 14.5 Å². The largest absolute Gasteiger partial charge is 0.379 e. The lowest BCUT2D eigenvalue weighted by atomic mass is 10.1. The molecule has 2 atom stereocenters. The second kappa shape index (κ2) is 10.5. The van der Waals surface area contributed by atoms with Gasteiger partial charge in [-0.2, -0.15) is 0 Å². The molecule has 4 heterocycles. The molecule has 10 heteroatoms. The summed E-state index contributed by atoms with van der Waals surface area (Å²) in [5.74, 6) is 1.26.